The molecule has 0 atom stereocenters. The molecule has 32 heavy (non-hydrogen) atoms. The highest BCUT2D eigenvalue weighted by Crippen LogP contribution is 2.36. The molecule has 0 bridgehead atoms. The summed E-state index contributed by atoms with van der Waals surface area (Å²) in [5.41, 5.74) is 5.63. The quantitative estimate of drug-likeness (QED) is 0.221. The molecule has 4 heteroatoms. The van der Waals surface area contributed by atoms with Gasteiger partial charge in [0.2, 0.25) is 9.04 Å². The average molecular weight is 439 g/mol. The van der Waals surface area contributed by atoms with Crippen molar-refractivity contribution in [3.8, 4) is 16.9 Å². The van der Waals surface area contributed by atoms with Crippen LogP contribution in [0.5, 0.6) is 5.75 Å². The second-order valence-electron chi connectivity index (χ2n) is 7.77. The second kappa shape index (κ2) is 10.8. The first-order valence-electron chi connectivity index (χ1n) is 11.0. The van der Waals surface area contributed by atoms with Crippen molar-refractivity contribution in [1.82, 2.24) is 0 Å². The van der Waals surface area contributed by atoms with Gasteiger partial charge in [0.1, 0.15) is 5.75 Å². The van der Waals surface area contributed by atoms with Crippen LogP contribution >= 0.6 is 0 Å². The van der Waals surface area contributed by atoms with Crippen molar-refractivity contribution >= 4 is 26.1 Å². The van der Waals surface area contributed by atoms with E-state index in [2.05, 4.69) is 89.8 Å². The van der Waals surface area contributed by atoms with E-state index in [0.717, 1.165) is 35.3 Å². The monoisotopic (exact) mass is 438 g/mol. The summed E-state index contributed by atoms with van der Waals surface area (Å²) in [6, 6.07) is 38.5. The summed E-state index contributed by atoms with van der Waals surface area (Å²) in [4.78, 5) is 11.8. The van der Waals surface area contributed by atoms with Crippen molar-refractivity contribution in [2.24, 2.45) is 0 Å². The van der Waals surface area contributed by atoms with Crippen LogP contribution in [0.15, 0.2) is 109 Å². The summed E-state index contributed by atoms with van der Waals surface area (Å²) >= 11 is 0. The topological polar surface area (TPSA) is 32.7 Å². The Morgan fingerprint density at radius 3 is 1.97 bits per heavy atom. The Morgan fingerprint density at radius 1 is 0.688 bits per heavy atom. The van der Waals surface area contributed by atoms with E-state index in [0.29, 0.717) is 6.61 Å². The van der Waals surface area contributed by atoms with Gasteiger partial charge in [-0.05, 0) is 66.5 Å². The molecule has 0 aliphatic heterocycles. The SMILES string of the molecule is C[Si](O)CCCOc1cccc(N(c2ccccc2)c2ccc(-c3ccccc3)cc2)c1. The highest BCUT2D eigenvalue weighted by molar-refractivity contribution is 6.48. The largest absolute Gasteiger partial charge is 0.494 e. The highest BCUT2D eigenvalue weighted by Gasteiger charge is 2.13. The minimum atomic E-state index is -1.19. The van der Waals surface area contributed by atoms with Gasteiger partial charge in [-0.1, -0.05) is 66.7 Å². The molecule has 0 aliphatic carbocycles. The van der Waals surface area contributed by atoms with Crippen molar-refractivity contribution in [1.29, 1.82) is 0 Å². The number of hydrogen-bond acceptors (Lipinski definition) is 3. The number of nitrogens with zero attached hydrogens (tertiary/aromatic N) is 1. The maximum atomic E-state index is 9.55. The van der Waals surface area contributed by atoms with Crippen molar-refractivity contribution < 1.29 is 9.53 Å². The zero-order valence-electron chi connectivity index (χ0n) is 18.3. The van der Waals surface area contributed by atoms with E-state index in [1.165, 1.54) is 11.1 Å². The predicted octanol–water partition coefficient (Wildman–Crippen LogP) is 7.21. The van der Waals surface area contributed by atoms with Gasteiger partial charge in [-0.15, -0.1) is 0 Å². The maximum absolute atomic E-state index is 9.55. The van der Waals surface area contributed by atoms with Gasteiger partial charge in [0, 0.05) is 23.1 Å². The third kappa shape index (κ3) is 5.66. The molecule has 4 rings (SSSR count). The number of hydrogen-bond donors (Lipinski definition) is 1. The van der Waals surface area contributed by atoms with Gasteiger partial charge in [0.25, 0.3) is 0 Å². The van der Waals surface area contributed by atoms with Crippen molar-refractivity contribution in [3.05, 3.63) is 109 Å². The number of benzene rings is 4. The molecule has 0 spiro atoms. The fourth-order valence-corrected chi connectivity index (χ4v) is 4.34. The molecule has 0 fully saturated rings. The lowest BCUT2D eigenvalue weighted by atomic mass is 10.0. The first kappa shape index (κ1) is 21.9. The van der Waals surface area contributed by atoms with Crippen LogP contribution < -0.4 is 9.64 Å². The lowest BCUT2D eigenvalue weighted by Gasteiger charge is -2.26. The number of anilines is 3. The van der Waals surface area contributed by atoms with Crippen LogP contribution in [-0.2, 0) is 0 Å². The van der Waals surface area contributed by atoms with Gasteiger partial charge in [0.15, 0.2) is 0 Å². The molecule has 1 radical (unpaired) electrons. The van der Waals surface area contributed by atoms with E-state index in [-0.39, 0.29) is 0 Å². The number of para-hydroxylation sites is 1. The summed E-state index contributed by atoms with van der Waals surface area (Å²) in [7, 11) is -1.19. The summed E-state index contributed by atoms with van der Waals surface area (Å²) in [6.45, 7) is 2.52. The van der Waals surface area contributed by atoms with Crippen LogP contribution in [0, 0.1) is 0 Å². The normalized spacial score (nSPS) is 10.8. The molecule has 0 aliphatic rings. The first-order valence-corrected chi connectivity index (χ1v) is 13.1. The third-order valence-electron chi connectivity index (χ3n) is 5.27. The molecule has 3 nitrogen and oxygen atoms in total. The van der Waals surface area contributed by atoms with Crippen molar-refractivity contribution in [3.63, 3.8) is 0 Å². The summed E-state index contributed by atoms with van der Waals surface area (Å²) in [5, 5.41) is 0. The number of ether oxygens (including phenoxy) is 1. The molecule has 0 saturated heterocycles. The smallest absolute Gasteiger partial charge is 0.203 e. The molecular weight excluding hydrogens is 410 g/mol. The van der Waals surface area contributed by atoms with Gasteiger partial charge < -0.3 is 14.4 Å². The Morgan fingerprint density at radius 2 is 1.28 bits per heavy atom. The third-order valence-corrected chi connectivity index (χ3v) is 6.35. The average Bonchev–Trinajstić information content (AvgIpc) is 2.84. The maximum Gasteiger partial charge on any atom is 0.203 e. The van der Waals surface area contributed by atoms with E-state index >= 15 is 0 Å². The summed E-state index contributed by atoms with van der Waals surface area (Å²) in [6.07, 6.45) is 0.870. The zero-order valence-corrected chi connectivity index (χ0v) is 19.3. The molecule has 0 amide bonds. The van der Waals surface area contributed by atoms with E-state index in [4.69, 9.17) is 4.74 Å². The van der Waals surface area contributed by atoms with Crippen LogP contribution in [0.4, 0.5) is 17.1 Å². The highest BCUT2D eigenvalue weighted by atomic mass is 28.3. The molecule has 4 aromatic rings. The summed E-state index contributed by atoms with van der Waals surface area (Å²) < 4.78 is 5.97. The van der Waals surface area contributed by atoms with Crippen LogP contribution in [-0.4, -0.2) is 20.4 Å². The fraction of sp³-hybridized carbons (Fsp3) is 0.143. The molecule has 0 saturated carbocycles. The first-order chi connectivity index (χ1) is 15.7. The lowest BCUT2D eigenvalue weighted by molar-refractivity contribution is 0.315. The van der Waals surface area contributed by atoms with E-state index in [1.54, 1.807) is 0 Å². The van der Waals surface area contributed by atoms with E-state index in [9.17, 15) is 4.80 Å². The van der Waals surface area contributed by atoms with E-state index < -0.39 is 9.04 Å². The molecular formula is C28H28NO2Si. The minimum Gasteiger partial charge on any atom is -0.494 e. The Labute approximate surface area is 192 Å². The van der Waals surface area contributed by atoms with E-state index in [1.807, 2.05) is 30.8 Å². The fourth-order valence-electron chi connectivity index (χ4n) is 3.69. The predicted molar refractivity (Wildman–Crippen MR) is 135 cm³/mol. The standard InChI is InChI=1S/C28H28NO2Si/c1-32(30)21-9-20-31-28-15-8-14-27(22-28)29(25-12-6-3-7-13-25)26-18-16-24(17-19-26)23-10-4-2-5-11-23/h2-8,10-19,22,30H,9,20-21H2,1H3. The Balaban J connectivity index is 1.62. The van der Waals surface area contributed by atoms with Crippen LogP contribution in [0.1, 0.15) is 6.42 Å². The molecule has 4 aromatic carbocycles. The Hall–Kier alpha value is -3.34. The van der Waals surface area contributed by atoms with Gasteiger partial charge in [-0.3, -0.25) is 0 Å². The van der Waals surface area contributed by atoms with Gasteiger partial charge in [0.05, 0.1) is 6.61 Å². The summed E-state index contributed by atoms with van der Waals surface area (Å²) in [5.74, 6) is 0.840. The molecule has 161 valence electrons. The van der Waals surface area contributed by atoms with Crippen LogP contribution in [0.2, 0.25) is 12.6 Å². The van der Waals surface area contributed by atoms with Gasteiger partial charge in [-0.2, -0.15) is 0 Å². The van der Waals surface area contributed by atoms with Crippen LogP contribution in [0.3, 0.4) is 0 Å². The Kier molecular flexibility index (Phi) is 7.38. The number of rotatable bonds is 9. The van der Waals surface area contributed by atoms with Crippen LogP contribution in [0.25, 0.3) is 11.1 Å². The van der Waals surface area contributed by atoms with Crippen molar-refractivity contribution in [2.75, 3.05) is 11.5 Å². The lowest BCUT2D eigenvalue weighted by Crippen LogP contribution is -2.10. The van der Waals surface area contributed by atoms with Crippen molar-refractivity contribution in [2.45, 2.75) is 19.0 Å². The molecule has 1 N–H and O–H groups in total. The second-order valence-corrected chi connectivity index (χ2v) is 9.74. The molecule has 0 aromatic heterocycles. The van der Waals surface area contributed by atoms with Gasteiger partial charge in [-0.25, -0.2) is 0 Å². The Bertz CT molecular complexity index is 1100. The molecule has 0 heterocycles. The zero-order chi connectivity index (χ0) is 22.2. The van der Waals surface area contributed by atoms with Gasteiger partial charge >= 0.3 is 0 Å². The molecule has 0 unspecified atom stereocenters. The minimum absolute atomic E-state index is 0.614.